The predicted molar refractivity (Wildman–Crippen MR) is 80.3 cm³/mol. The molecule has 2 aromatic rings. The predicted octanol–water partition coefficient (Wildman–Crippen LogP) is 1.86. The molecule has 1 fully saturated rings. The van der Waals surface area contributed by atoms with Crippen LogP contribution in [0.25, 0.3) is 0 Å². The summed E-state index contributed by atoms with van der Waals surface area (Å²) in [5.74, 6) is 7.05. The van der Waals surface area contributed by atoms with Crippen molar-refractivity contribution in [3.63, 3.8) is 0 Å². The highest BCUT2D eigenvalue weighted by Crippen LogP contribution is 2.25. The fourth-order valence-corrected chi connectivity index (χ4v) is 2.28. The number of para-hydroxylation sites is 1. The Bertz CT molecular complexity index is 627. The summed E-state index contributed by atoms with van der Waals surface area (Å²) in [6.07, 6.45) is 2.29. The average molecular weight is 286 g/mol. The molecule has 21 heavy (non-hydrogen) atoms. The van der Waals surface area contributed by atoms with Gasteiger partial charge in [0, 0.05) is 13.1 Å². The number of nitrogen functional groups attached to an aromatic ring is 1. The third kappa shape index (κ3) is 3.03. The number of ether oxygens (including phenoxy) is 1. The van der Waals surface area contributed by atoms with Gasteiger partial charge in [0.2, 0.25) is 11.9 Å². The van der Waals surface area contributed by atoms with Gasteiger partial charge in [-0.15, -0.1) is 0 Å². The lowest BCUT2D eigenvalue weighted by Crippen LogP contribution is -2.22. The van der Waals surface area contributed by atoms with Gasteiger partial charge in [0.1, 0.15) is 5.75 Å². The van der Waals surface area contributed by atoms with Crippen LogP contribution in [0, 0.1) is 6.92 Å². The lowest BCUT2D eigenvalue weighted by molar-refractivity contribution is 0.437. The van der Waals surface area contributed by atoms with Gasteiger partial charge in [0.15, 0.2) is 0 Å². The average Bonchev–Trinajstić information content (AvgIpc) is 3.04. The molecule has 0 radical (unpaired) electrons. The number of hydrogen-bond acceptors (Lipinski definition) is 7. The van der Waals surface area contributed by atoms with Crippen LogP contribution in [0.15, 0.2) is 24.3 Å². The molecular formula is C14H18N6O. The second-order valence-electron chi connectivity index (χ2n) is 4.95. The number of rotatable bonds is 4. The second-order valence-corrected chi connectivity index (χ2v) is 4.95. The van der Waals surface area contributed by atoms with Crippen LogP contribution in [0.2, 0.25) is 0 Å². The van der Waals surface area contributed by atoms with Gasteiger partial charge in [-0.3, -0.25) is 5.43 Å². The monoisotopic (exact) mass is 286 g/mol. The number of aromatic nitrogens is 3. The fourth-order valence-electron chi connectivity index (χ4n) is 2.28. The minimum atomic E-state index is 0.245. The van der Waals surface area contributed by atoms with Crippen molar-refractivity contribution < 1.29 is 4.74 Å². The lowest BCUT2D eigenvalue weighted by Gasteiger charge is -2.16. The summed E-state index contributed by atoms with van der Waals surface area (Å²) in [7, 11) is 0. The molecular weight excluding hydrogens is 268 g/mol. The van der Waals surface area contributed by atoms with Crippen LogP contribution < -0.4 is 20.9 Å². The van der Waals surface area contributed by atoms with Gasteiger partial charge in [-0.1, -0.05) is 18.2 Å². The van der Waals surface area contributed by atoms with Crippen molar-refractivity contribution in [3.8, 4) is 11.8 Å². The maximum absolute atomic E-state index is 5.77. The van der Waals surface area contributed by atoms with Crippen LogP contribution in [0.3, 0.4) is 0 Å². The van der Waals surface area contributed by atoms with E-state index in [1.807, 2.05) is 31.2 Å². The normalized spacial score (nSPS) is 14.3. The molecule has 0 spiro atoms. The summed E-state index contributed by atoms with van der Waals surface area (Å²) >= 11 is 0. The molecule has 1 saturated heterocycles. The maximum atomic E-state index is 5.77. The Morgan fingerprint density at radius 2 is 1.90 bits per heavy atom. The van der Waals surface area contributed by atoms with E-state index in [9.17, 15) is 0 Å². The molecule has 1 aromatic heterocycles. The number of nitrogens with one attached hydrogen (secondary N) is 1. The van der Waals surface area contributed by atoms with Crippen LogP contribution in [-0.2, 0) is 0 Å². The SMILES string of the molecule is Cc1ccccc1Oc1nc(NN)nc(N2CCCC2)n1. The minimum absolute atomic E-state index is 0.245. The number of hydrogen-bond donors (Lipinski definition) is 2. The largest absolute Gasteiger partial charge is 0.424 e. The topological polar surface area (TPSA) is 89.2 Å². The quantitative estimate of drug-likeness (QED) is 0.655. The third-order valence-corrected chi connectivity index (χ3v) is 3.42. The number of hydrazine groups is 1. The summed E-state index contributed by atoms with van der Waals surface area (Å²) in [5.41, 5.74) is 3.48. The molecule has 7 nitrogen and oxygen atoms in total. The zero-order chi connectivity index (χ0) is 14.7. The van der Waals surface area contributed by atoms with E-state index in [0.29, 0.717) is 11.9 Å². The first-order valence-corrected chi connectivity index (χ1v) is 6.97. The van der Waals surface area contributed by atoms with E-state index in [0.717, 1.165) is 37.2 Å². The summed E-state index contributed by atoms with van der Waals surface area (Å²) < 4.78 is 5.77. The van der Waals surface area contributed by atoms with E-state index < -0.39 is 0 Å². The molecule has 110 valence electrons. The van der Waals surface area contributed by atoms with E-state index in [1.54, 1.807) is 0 Å². The highest BCUT2D eigenvalue weighted by molar-refractivity contribution is 5.40. The van der Waals surface area contributed by atoms with E-state index in [4.69, 9.17) is 10.6 Å². The highest BCUT2D eigenvalue weighted by atomic mass is 16.5. The molecule has 1 aliphatic rings. The molecule has 0 atom stereocenters. The zero-order valence-electron chi connectivity index (χ0n) is 11.9. The van der Waals surface area contributed by atoms with Crippen molar-refractivity contribution in [3.05, 3.63) is 29.8 Å². The molecule has 3 rings (SSSR count). The van der Waals surface area contributed by atoms with Crippen molar-refractivity contribution in [1.82, 2.24) is 15.0 Å². The van der Waals surface area contributed by atoms with Crippen LogP contribution in [0.1, 0.15) is 18.4 Å². The first kappa shape index (κ1) is 13.6. The Morgan fingerprint density at radius 3 is 2.62 bits per heavy atom. The summed E-state index contributed by atoms with van der Waals surface area (Å²) in [6.45, 7) is 3.86. The van der Waals surface area contributed by atoms with Crippen molar-refractivity contribution >= 4 is 11.9 Å². The Hall–Kier alpha value is -2.41. The Morgan fingerprint density at radius 1 is 1.14 bits per heavy atom. The highest BCUT2D eigenvalue weighted by Gasteiger charge is 2.18. The van der Waals surface area contributed by atoms with Crippen LogP contribution in [-0.4, -0.2) is 28.0 Å². The molecule has 0 bridgehead atoms. The van der Waals surface area contributed by atoms with Crippen molar-refractivity contribution in [2.75, 3.05) is 23.4 Å². The first-order valence-electron chi connectivity index (χ1n) is 6.97. The van der Waals surface area contributed by atoms with Gasteiger partial charge >= 0.3 is 6.01 Å². The number of benzene rings is 1. The van der Waals surface area contributed by atoms with Gasteiger partial charge in [0.25, 0.3) is 0 Å². The Labute approximate surface area is 123 Å². The molecule has 3 N–H and O–H groups in total. The van der Waals surface area contributed by atoms with Gasteiger partial charge in [-0.05, 0) is 31.4 Å². The van der Waals surface area contributed by atoms with Crippen molar-refractivity contribution in [2.24, 2.45) is 5.84 Å². The molecule has 0 aliphatic carbocycles. The number of aryl methyl sites for hydroxylation is 1. The molecule has 0 unspecified atom stereocenters. The first-order chi connectivity index (χ1) is 10.3. The van der Waals surface area contributed by atoms with E-state index in [1.165, 1.54) is 0 Å². The van der Waals surface area contributed by atoms with Gasteiger partial charge < -0.3 is 9.64 Å². The molecule has 7 heteroatoms. The number of nitrogens with two attached hydrogens (primary N) is 1. The van der Waals surface area contributed by atoms with Crippen LogP contribution >= 0.6 is 0 Å². The van der Waals surface area contributed by atoms with Crippen molar-refractivity contribution in [2.45, 2.75) is 19.8 Å². The van der Waals surface area contributed by atoms with Gasteiger partial charge in [-0.2, -0.15) is 15.0 Å². The van der Waals surface area contributed by atoms with Crippen molar-refractivity contribution in [1.29, 1.82) is 0 Å². The third-order valence-electron chi connectivity index (χ3n) is 3.42. The lowest BCUT2D eigenvalue weighted by atomic mass is 10.2. The minimum Gasteiger partial charge on any atom is -0.424 e. The van der Waals surface area contributed by atoms with E-state index in [-0.39, 0.29) is 6.01 Å². The molecule has 2 heterocycles. The van der Waals surface area contributed by atoms with Gasteiger partial charge in [0.05, 0.1) is 0 Å². The van der Waals surface area contributed by atoms with Crippen LogP contribution in [0.5, 0.6) is 11.8 Å². The number of nitrogens with zero attached hydrogens (tertiary/aromatic N) is 4. The molecule has 0 saturated carbocycles. The molecule has 0 amide bonds. The van der Waals surface area contributed by atoms with Crippen LogP contribution in [0.4, 0.5) is 11.9 Å². The molecule has 1 aliphatic heterocycles. The number of anilines is 2. The summed E-state index contributed by atoms with van der Waals surface area (Å²) in [5, 5.41) is 0. The Kier molecular flexibility index (Phi) is 3.83. The van der Waals surface area contributed by atoms with E-state index in [2.05, 4.69) is 25.3 Å². The fraction of sp³-hybridized carbons (Fsp3) is 0.357. The molecule has 1 aromatic carbocycles. The second kappa shape index (κ2) is 5.92. The maximum Gasteiger partial charge on any atom is 0.328 e. The van der Waals surface area contributed by atoms with E-state index >= 15 is 0 Å². The smallest absolute Gasteiger partial charge is 0.328 e. The summed E-state index contributed by atoms with van der Waals surface area (Å²) in [6, 6.07) is 7.96. The summed E-state index contributed by atoms with van der Waals surface area (Å²) in [4.78, 5) is 14.9. The standard InChI is InChI=1S/C14H18N6O/c1-10-6-2-3-7-11(10)21-14-17-12(19-15)16-13(18-14)20-8-4-5-9-20/h2-3,6-7H,4-5,8-9,15H2,1H3,(H,16,17,18,19). The Balaban J connectivity index is 1.90. The zero-order valence-corrected chi connectivity index (χ0v) is 11.9. The van der Waals surface area contributed by atoms with Gasteiger partial charge in [-0.25, -0.2) is 5.84 Å².